The molecule has 1 N–H and O–H groups in total. The van der Waals surface area contributed by atoms with E-state index in [-0.39, 0.29) is 6.10 Å². The van der Waals surface area contributed by atoms with E-state index in [1.807, 2.05) is 0 Å². The van der Waals surface area contributed by atoms with Gasteiger partial charge in [0.1, 0.15) is 0 Å². The first-order valence-corrected chi connectivity index (χ1v) is 8.15. The Bertz CT molecular complexity index is 425. The van der Waals surface area contributed by atoms with Gasteiger partial charge >= 0.3 is 0 Å². The van der Waals surface area contributed by atoms with Crippen LogP contribution in [0.2, 0.25) is 0 Å². The Morgan fingerprint density at radius 3 is 2.70 bits per heavy atom. The number of aliphatic hydroxyl groups is 1. The predicted octanol–water partition coefficient (Wildman–Crippen LogP) is 3.71. The van der Waals surface area contributed by atoms with E-state index < -0.39 is 0 Å². The van der Waals surface area contributed by atoms with Crippen LogP contribution in [0.3, 0.4) is 0 Å². The average Bonchev–Trinajstić information content (AvgIpc) is 2.60. The van der Waals surface area contributed by atoms with Crippen molar-refractivity contribution in [1.29, 1.82) is 0 Å². The van der Waals surface area contributed by atoms with Crippen molar-refractivity contribution in [3.05, 3.63) is 34.9 Å². The fraction of sp³-hybridized carbons (Fsp3) is 0.667. The Kier molecular flexibility index (Phi) is 5.62. The number of rotatable bonds is 5. The van der Waals surface area contributed by atoms with Gasteiger partial charge in [-0.3, -0.25) is 0 Å². The van der Waals surface area contributed by atoms with Gasteiger partial charge in [-0.25, -0.2) is 0 Å². The molecule has 0 radical (unpaired) electrons. The third kappa shape index (κ3) is 3.62. The summed E-state index contributed by atoms with van der Waals surface area (Å²) in [6, 6.07) is 6.57. The number of nitrogens with zero attached hydrogens (tertiary/aromatic N) is 1. The highest BCUT2D eigenvalue weighted by atomic mass is 16.3. The molecule has 1 aliphatic carbocycles. The van der Waals surface area contributed by atoms with Crippen molar-refractivity contribution in [1.82, 2.24) is 4.90 Å². The zero-order valence-corrected chi connectivity index (χ0v) is 13.2. The van der Waals surface area contributed by atoms with Crippen LogP contribution in [0, 0.1) is 12.8 Å². The van der Waals surface area contributed by atoms with Crippen LogP contribution in [-0.2, 0) is 6.42 Å². The normalized spacial score (nSPS) is 22.6. The van der Waals surface area contributed by atoms with Gasteiger partial charge in [0.25, 0.3) is 0 Å². The lowest BCUT2D eigenvalue weighted by Gasteiger charge is -2.25. The molecule has 0 aromatic heterocycles. The van der Waals surface area contributed by atoms with Gasteiger partial charge in [-0.2, -0.15) is 0 Å². The van der Waals surface area contributed by atoms with Crippen LogP contribution < -0.4 is 0 Å². The average molecular weight is 275 g/mol. The molecule has 1 aliphatic rings. The zero-order valence-electron chi connectivity index (χ0n) is 13.2. The summed E-state index contributed by atoms with van der Waals surface area (Å²) >= 11 is 0. The third-order valence-corrected chi connectivity index (χ3v) is 4.80. The van der Waals surface area contributed by atoms with Gasteiger partial charge in [-0.15, -0.1) is 0 Å². The molecule has 0 saturated heterocycles. The lowest BCUT2D eigenvalue weighted by molar-refractivity contribution is 0.0916. The number of aryl methyl sites for hydroxylation is 2. The summed E-state index contributed by atoms with van der Waals surface area (Å²) in [5.74, 6) is 0.415. The van der Waals surface area contributed by atoms with E-state index >= 15 is 0 Å². The topological polar surface area (TPSA) is 23.5 Å². The van der Waals surface area contributed by atoms with Crippen molar-refractivity contribution in [3.63, 3.8) is 0 Å². The molecule has 2 unspecified atom stereocenters. The summed E-state index contributed by atoms with van der Waals surface area (Å²) in [4.78, 5) is 2.45. The first-order chi connectivity index (χ1) is 9.65. The fourth-order valence-electron chi connectivity index (χ4n) is 3.37. The van der Waals surface area contributed by atoms with Gasteiger partial charge < -0.3 is 10.0 Å². The lowest BCUT2D eigenvalue weighted by Crippen LogP contribution is -2.27. The van der Waals surface area contributed by atoms with E-state index in [1.54, 1.807) is 0 Å². The second-order valence-electron chi connectivity index (χ2n) is 6.11. The Hall–Kier alpha value is -0.860. The molecular formula is C18H29NO. The predicted molar refractivity (Wildman–Crippen MR) is 85.0 cm³/mol. The van der Waals surface area contributed by atoms with Crippen LogP contribution in [0.4, 0.5) is 0 Å². The highest BCUT2D eigenvalue weighted by Crippen LogP contribution is 2.35. The maximum absolute atomic E-state index is 10.8. The van der Waals surface area contributed by atoms with Crippen LogP contribution in [0.1, 0.15) is 55.9 Å². The molecule has 0 aliphatic heterocycles. The lowest BCUT2D eigenvalue weighted by atomic mass is 9.90. The summed E-state index contributed by atoms with van der Waals surface area (Å²) in [7, 11) is 0. The number of fused-ring (bicyclic) bond motifs is 1. The molecule has 20 heavy (non-hydrogen) atoms. The Balaban J connectivity index is 2.08. The molecule has 2 atom stereocenters. The van der Waals surface area contributed by atoms with Crippen molar-refractivity contribution < 1.29 is 5.11 Å². The number of benzene rings is 1. The minimum absolute atomic E-state index is 0.275. The molecule has 2 heteroatoms. The molecule has 2 nitrogen and oxygen atoms in total. The minimum atomic E-state index is -0.275. The Morgan fingerprint density at radius 1 is 1.25 bits per heavy atom. The monoisotopic (exact) mass is 275 g/mol. The maximum atomic E-state index is 10.8. The summed E-state index contributed by atoms with van der Waals surface area (Å²) < 4.78 is 0. The molecule has 0 bridgehead atoms. The smallest absolute Gasteiger partial charge is 0.0821 e. The Morgan fingerprint density at radius 2 is 2.00 bits per heavy atom. The first-order valence-electron chi connectivity index (χ1n) is 8.15. The van der Waals surface area contributed by atoms with Crippen LogP contribution in [-0.4, -0.2) is 29.6 Å². The number of hydrogen-bond donors (Lipinski definition) is 1. The largest absolute Gasteiger partial charge is 0.388 e. The maximum Gasteiger partial charge on any atom is 0.0821 e. The van der Waals surface area contributed by atoms with Gasteiger partial charge in [0.15, 0.2) is 0 Å². The molecule has 1 aromatic carbocycles. The van der Waals surface area contributed by atoms with E-state index in [4.69, 9.17) is 0 Å². The summed E-state index contributed by atoms with van der Waals surface area (Å²) in [5.41, 5.74) is 3.80. The summed E-state index contributed by atoms with van der Waals surface area (Å²) in [6.45, 7) is 9.86. The van der Waals surface area contributed by atoms with E-state index in [9.17, 15) is 5.11 Å². The van der Waals surface area contributed by atoms with Crippen LogP contribution >= 0.6 is 0 Å². The molecule has 0 saturated carbocycles. The van der Waals surface area contributed by atoms with Crippen molar-refractivity contribution >= 4 is 0 Å². The third-order valence-electron chi connectivity index (χ3n) is 4.80. The first kappa shape index (κ1) is 15.5. The number of hydrogen-bond acceptors (Lipinski definition) is 2. The summed E-state index contributed by atoms with van der Waals surface area (Å²) in [6.07, 6.45) is 4.31. The second-order valence-corrected chi connectivity index (χ2v) is 6.11. The van der Waals surface area contributed by atoms with Gasteiger partial charge in [-0.1, -0.05) is 37.6 Å². The highest BCUT2D eigenvalue weighted by molar-refractivity contribution is 5.34. The van der Waals surface area contributed by atoms with E-state index in [2.05, 4.69) is 43.9 Å². The van der Waals surface area contributed by atoms with E-state index in [0.29, 0.717) is 5.92 Å². The molecule has 0 fully saturated rings. The van der Waals surface area contributed by atoms with Crippen LogP contribution in [0.25, 0.3) is 0 Å². The van der Waals surface area contributed by atoms with Gasteiger partial charge in [0.2, 0.25) is 0 Å². The fourth-order valence-corrected chi connectivity index (χ4v) is 3.37. The van der Waals surface area contributed by atoms with Gasteiger partial charge in [0.05, 0.1) is 6.10 Å². The second kappa shape index (κ2) is 7.24. The van der Waals surface area contributed by atoms with Gasteiger partial charge in [0, 0.05) is 0 Å². The minimum Gasteiger partial charge on any atom is -0.388 e. The number of aliphatic hydroxyl groups excluding tert-OH is 1. The quantitative estimate of drug-likeness (QED) is 0.828. The van der Waals surface area contributed by atoms with Crippen LogP contribution in [0.5, 0.6) is 0 Å². The van der Waals surface area contributed by atoms with Crippen molar-refractivity contribution in [3.8, 4) is 0 Å². The molecular weight excluding hydrogens is 246 g/mol. The van der Waals surface area contributed by atoms with Gasteiger partial charge in [-0.05, 0) is 69.3 Å². The molecule has 112 valence electrons. The Labute approximate surface area is 123 Å². The highest BCUT2D eigenvalue weighted by Gasteiger charge is 2.26. The zero-order chi connectivity index (χ0) is 14.5. The standard InChI is InChI=1S/C18H29NO/c1-4-19(5-2)12-11-16-8-6-7-15-10-9-14(3)13-17(15)18(16)20/h9-10,13,16,18,20H,4-8,11-12H2,1-3H3. The molecule has 0 spiro atoms. The van der Waals surface area contributed by atoms with Crippen molar-refractivity contribution in [2.24, 2.45) is 5.92 Å². The summed E-state index contributed by atoms with van der Waals surface area (Å²) in [5, 5.41) is 10.8. The SMILES string of the molecule is CCN(CC)CCC1CCCc2ccc(C)cc2C1O. The molecule has 0 amide bonds. The molecule has 0 heterocycles. The van der Waals surface area contributed by atoms with Crippen LogP contribution in [0.15, 0.2) is 18.2 Å². The van der Waals surface area contributed by atoms with Crippen molar-refractivity contribution in [2.45, 2.75) is 52.6 Å². The van der Waals surface area contributed by atoms with E-state index in [1.165, 1.54) is 23.1 Å². The molecule has 2 rings (SSSR count). The molecule has 1 aromatic rings. The van der Waals surface area contributed by atoms with Crippen molar-refractivity contribution in [2.75, 3.05) is 19.6 Å². The van der Waals surface area contributed by atoms with E-state index in [0.717, 1.165) is 38.9 Å².